The van der Waals surface area contributed by atoms with Crippen LogP contribution < -0.4 is 4.90 Å². The fourth-order valence-corrected chi connectivity index (χ4v) is 4.14. The average molecular weight is 349 g/mol. The minimum absolute atomic E-state index is 0.108. The molecule has 134 valence electrons. The van der Waals surface area contributed by atoms with E-state index in [1.807, 2.05) is 29.2 Å². The Bertz CT molecular complexity index is 837. The van der Waals surface area contributed by atoms with Gasteiger partial charge in [0.25, 0.3) is 0 Å². The topological polar surface area (TPSA) is 76.0 Å². The van der Waals surface area contributed by atoms with Crippen molar-refractivity contribution in [1.82, 2.24) is 14.9 Å². The molecule has 1 atom stereocenters. The third-order valence-corrected chi connectivity index (χ3v) is 5.47. The maximum atomic E-state index is 13.1. The molecule has 1 aromatic carbocycles. The number of nitrogens with one attached hydrogen (secondary N) is 1. The maximum absolute atomic E-state index is 13.1. The van der Waals surface area contributed by atoms with E-state index in [1.165, 1.54) is 0 Å². The molecule has 1 N–H and O–H groups in total. The number of rotatable bonds is 2. The monoisotopic (exact) mass is 349 g/mol. The van der Waals surface area contributed by atoms with Gasteiger partial charge < -0.3 is 14.8 Å². The predicted molar refractivity (Wildman–Crippen MR) is 98.8 cm³/mol. The van der Waals surface area contributed by atoms with E-state index in [9.17, 15) is 10.1 Å². The Labute approximate surface area is 153 Å². The van der Waals surface area contributed by atoms with Gasteiger partial charge in [-0.3, -0.25) is 4.79 Å². The van der Waals surface area contributed by atoms with Crippen LogP contribution in [0.3, 0.4) is 0 Å². The molecule has 2 aliphatic rings. The highest BCUT2D eigenvalue weighted by atomic mass is 16.2. The number of para-hydroxylation sites is 1. The Morgan fingerprint density at radius 1 is 1.19 bits per heavy atom. The lowest BCUT2D eigenvalue weighted by Gasteiger charge is -2.28. The lowest BCUT2D eigenvalue weighted by atomic mass is 9.88. The number of benzene rings is 1. The first-order valence-electron chi connectivity index (χ1n) is 9.33. The number of aryl methyl sites for hydroxylation is 1. The molecule has 1 fully saturated rings. The zero-order valence-corrected chi connectivity index (χ0v) is 14.8. The molecule has 2 aromatic rings. The summed E-state index contributed by atoms with van der Waals surface area (Å²) in [5.41, 5.74) is 3.73. The molecule has 0 unspecified atom stereocenters. The van der Waals surface area contributed by atoms with Gasteiger partial charge in [-0.05, 0) is 37.8 Å². The molecule has 6 nitrogen and oxygen atoms in total. The lowest BCUT2D eigenvalue weighted by molar-refractivity contribution is -0.133. The van der Waals surface area contributed by atoms with Crippen LogP contribution in [0.4, 0.5) is 5.69 Å². The van der Waals surface area contributed by atoms with Crippen LogP contribution >= 0.6 is 0 Å². The molecule has 1 aromatic heterocycles. The number of imidazole rings is 1. The summed E-state index contributed by atoms with van der Waals surface area (Å²) in [6, 6.07) is 9.97. The van der Waals surface area contributed by atoms with Crippen LogP contribution in [0.5, 0.6) is 0 Å². The van der Waals surface area contributed by atoms with Crippen molar-refractivity contribution >= 4 is 11.6 Å². The molecule has 1 saturated heterocycles. The number of aromatic nitrogens is 2. The van der Waals surface area contributed by atoms with Gasteiger partial charge in [0, 0.05) is 31.9 Å². The van der Waals surface area contributed by atoms with Crippen molar-refractivity contribution in [2.75, 3.05) is 31.1 Å². The normalized spacial score (nSPS) is 20.2. The number of hydrogen-bond acceptors (Lipinski definition) is 4. The van der Waals surface area contributed by atoms with E-state index < -0.39 is 0 Å². The van der Waals surface area contributed by atoms with Gasteiger partial charge in [-0.15, -0.1) is 0 Å². The van der Waals surface area contributed by atoms with Crippen LogP contribution in [-0.2, 0) is 11.2 Å². The maximum Gasteiger partial charge on any atom is 0.231 e. The summed E-state index contributed by atoms with van der Waals surface area (Å²) in [4.78, 5) is 24.9. The number of nitrogens with zero attached hydrogens (tertiary/aromatic N) is 4. The number of amides is 1. The van der Waals surface area contributed by atoms with Crippen molar-refractivity contribution in [3.63, 3.8) is 0 Å². The smallest absolute Gasteiger partial charge is 0.231 e. The molecule has 6 heteroatoms. The summed E-state index contributed by atoms with van der Waals surface area (Å²) in [6.45, 7) is 3.07. The lowest BCUT2D eigenvalue weighted by Crippen LogP contribution is -2.39. The van der Waals surface area contributed by atoms with Crippen molar-refractivity contribution < 1.29 is 4.79 Å². The summed E-state index contributed by atoms with van der Waals surface area (Å²) in [5, 5.41) is 9.35. The molecule has 0 spiro atoms. The number of carbonyl (C=O) groups excluding carboxylic acids is 1. The summed E-state index contributed by atoms with van der Waals surface area (Å²) >= 11 is 0. The molecule has 26 heavy (non-hydrogen) atoms. The number of fused-ring (bicyclic) bond motifs is 1. The van der Waals surface area contributed by atoms with E-state index in [2.05, 4.69) is 20.9 Å². The molecule has 1 amide bonds. The quantitative estimate of drug-likeness (QED) is 0.903. The Hall–Kier alpha value is -2.81. The second kappa shape index (κ2) is 7.20. The number of nitriles is 1. The average Bonchev–Trinajstić information content (AvgIpc) is 3.04. The minimum Gasteiger partial charge on any atom is -0.369 e. The Kier molecular flexibility index (Phi) is 4.61. The van der Waals surface area contributed by atoms with Crippen LogP contribution in [0.2, 0.25) is 0 Å². The molecule has 1 aliphatic carbocycles. The van der Waals surface area contributed by atoms with Crippen LogP contribution in [0.1, 0.15) is 42.1 Å². The number of anilines is 1. The van der Waals surface area contributed by atoms with E-state index in [0.717, 1.165) is 62.4 Å². The standard InChI is InChI=1S/C20H23N5O/c21-13-15-5-1-2-8-18(15)24-9-4-10-25(12-11-24)20(26)16-6-3-7-17-19(16)23-14-22-17/h1-2,5,8,14,16H,3-4,6-7,9-12H2,(H,22,23)/t16-/m1/s1. The number of hydrogen-bond donors (Lipinski definition) is 1. The zero-order valence-electron chi connectivity index (χ0n) is 14.8. The Morgan fingerprint density at radius 2 is 2.08 bits per heavy atom. The van der Waals surface area contributed by atoms with Crippen LogP contribution in [0, 0.1) is 11.3 Å². The molecular weight excluding hydrogens is 326 g/mol. The molecular formula is C20H23N5O. The largest absolute Gasteiger partial charge is 0.369 e. The molecule has 4 rings (SSSR count). The number of carbonyl (C=O) groups is 1. The minimum atomic E-state index is -0.108. The van der Waals surface area contributed by atoms with Crippen LogP contribution in [0.15, 0.2) is 30.6 Å². The second-order valence-electron chi connectivity index (χ2n) is 7.01. The van der Waals surface area contributed by atoms with Crippen molar-refractivity contribution in [2.24, 2.45) is 0 Å². The van der Waals surface area contributed by atoms with Gasteiger partial charge in [-0.25, -0.2) is 4.98 Å². The van der Waals surface area contributed by atoms with E-state index >= 15 is 0 Å². The molecule has 0 saturated carbocycles. The highest BCUT2D eigenvalue weighted by Crippen LogP contribution is 2.31. The summed E-state index contributed by atoms with van der Waals surface area (Å²) in [7, 11) is 0. The molecule has 1 aliphatic heterocycles. The third kappa shape index (κ3) is 3.05. The highest BCUT2D eigenvalue weighted by Gasteiger charge is 2.32. The Balaban J connectivity index is 1.48. The van der Waals surface area contributed by atoms with Crippen molar-refractivity contribution in [1.29, 1.82) is 5.26 Å². The van der Waals surface area contributed by atoms with Gasteiger partial charge in [-0.1, -0.05) is 12.1 Å². The van der Waals surface area contributed by atoms with Crippen molar-refractivity contribution in [3.05, 3.63) is 47.5 Å². The van der Waals surface area contributed by atoms with E-state index in [0.29, 0.717) is 12.1 Å². The number of H-pyrrole nitrogens is 1. The SMILES string of the molecule is N#Cc1ccccc1N1CCCN(C(=O)[C@@H]2CCCc3[nH]cnc32)CC1. The predicted octanol–water partition coefficient (Wildman–Crippen LogP) is 2.44. The fourth-order valence-electron chi connectivity index (χ4n) is 4.14. The number of aromatic amines is 1. The van der Waals surface area contributed by atoms with Gasteiger partial charge in [0.1, 0.15) is 6.07 Å². The van der Waals surface area contributed by atoms with Crippen molar-refractivity contribution in [2.45, 2.75) is 31.6 Å². The van der Waals surface area contributed by atoms with Gasteiger partial charge in [-0.2, -0.15) is 5.26 Å². The zero-order chi connectivity index (χ0) is 17.9. The summed E-state index contributed by atoms with van der Waals surface area (Å²) < 4.78 is 0. The van der Waals surface area contributed by atoms with E-state index in [4.69, 9.17) is 0 Å². The van der Waals surface area contributed by atoms with Gasteiger partial charge in [0.2, 0.25) is 5.91 Å². The summed E-state index contributed by atoms with van der Waals surface area (Å²) in [6.07, 6.45) is 5.51. The van der Waals surface area contributed by atoms with E-state index in [1.54, 1.807) is 6.33 Å². The molecule has 0 bridgehead atoms. The van der Waals surface area contributed by atoms with Crippen molar-refractivity contribution in [3.8, 4) is 6.07 Å². The van der Waals surface area contributed by atoms with Crippen LogP contribution in [0.25, 0.3) is 0 Å². The first-order chi connectivity index (χ1) is 12.8. The Morgan fingerprint density at radius 3 is 2.96 bits per heavy atom. The third-order valence-electron chi connectivity index (χ3n) is 5.47. The molecule has 0 radical (unpaired) electrons. The molecule has 2 heterocycles. The van der Waals surface area contributed by atoms with Gasteiger partial charge in [0.05, 0.1) is 29.2 Å². The second-order valence-corrected chi connectivity index (χ2v) is 7.01. The first-order valence-corrected chi connectivity index (χ1v) is 9.33. The van der Waals surface area contributed by atoms with E-state index in [-0.39, 0.29) is 11.8 Å². The van der Waals surface area contributed by atoms with Crippen LogP contribution in [-0.4, -0.2) is 47.0 Å². The first kappa shape index (κ1) is 16.6. The van der Waals surface area contributed by atoms with Gasteiger partial charge >= 0.3 is 0 Å². The summed E-state index contributed by atoms with van der Waals surface area (Å²) in [5.74, 6) is 0.0939. The fraction of sp³-hybridized carbons (Fsp3) is 0.450. The van der Waals surface area contributed by atoms with Gasteiger partial charge in [0.15, 0.2) is 0 Å². The highest BCUT2D eigenvalue weighted by molar-refractivity contribution is 5.84.